The molecule has 2 aromatic carbocycles. The number of carbonyl (C=O) groups is 1. The van der Waals surface area contributed by atoms with Gasteiger partial charge in [0.25, 0.3) is 11.1 Å². The molecule has 0 saturated heterocycles. The molecule has 8 heteroatoms. The van der Waals surface area contributed by atoms with Crippen LogP contribution in [0.3, 0.4) is 0 Å². The molecule has 5 nitrogen and oxygen atoms in total. The van der Waals surface area contributed by atoms with Gasteiger partial charge in [-0.1, -0.05) is 27.7 Å². The zero-order valence-electron chi connectivity index (χ0n) is 12.8. The molecule has 1 aromatic heterocycles. The molecule has 128 valence electrons. The third-order valence-electron chi connectivity index (χ3n) is 3.12. The molecule has 0 fully saturated rings. The molecule has 0 radical (unpaired) electrons. The average Bonchev–Trinajstić information content (AvgIpc) is 3.08. The number of ether oxygens (including phenoxy) is 1. The minimum absolute atomic E-state index is 0.126. The van der Waals surface area contributed by atoms with Gasteiger partial charge in [0, 0.05) is 10.0 Å². The minimum Gasteiger partial charge on any atom is -0.484 e. The zero-order valence-corrected chi connectivity index (χ0v) is 15.2. The van der Waals surface area contributed by atoms with E-state index in [0.717, 1.165) is 16.2 Å². The molecule has 0 amide bonds. The lowest BCUT2D eigenvalue weighted by molar-refractivity contribution is 0.102. The van der Waals surface area contributed by atoms with Crippen LogP contribution in [0.2, 0.25) is 0 Å². The van der Waals surface area contributed by atoms with Crippen molar-refractivity contribution in [2.24, 2.45) is 0 Å². The summed E-state index contributed by atoms with van der Waals surface area (Å²) in [6.45, 7) is 0.140. The summed E-state index contributed by atoms with van der Waals surface area (Å²) in [5.74, 6) is 0.606. The average molecular weight is 423 g/mol. The molecule has 0 unspecified atom stereocenters. The van der Waals surface area contributed by atoms with Crippen molar-refractivity contribution < 1.29 is 18.3 Å². The molecule has 0 bridgehead atoms. The fraction of sp³-hybridized carbons (Fsp3) is 0.118. The highest BCUT2D eigenvalue weighted by Crippen LogP contribution is 2.20. The number of aromatic nitrogens is 2. The Kier molecular flexibility index (Phi) is 5.83. The third-order valence-corrected chi connectivity index (χ3v) is 4.46. The molecule has 0 aliphatic carbocycles. The van der Waals surface area contributed by atoms with Crippen LogP contribution in [0.4, 0.5) is 4.39 Å². The molecular weight excluding hydrogens is 411 g/mol. The van der Waals surface area contributed by atoms with E-state index in [0.29, 0.717) is 17.2 Å². The van der Waals surface area contributed by atoms with Crippen molar-refractivity contribution in [1.29, 1.82) is 0 Å². The van der Waals surface area contributed by atoms with E-state index in [1.807, 2.05) is 24.3 Å². The van der Waals surface area contributed by atoms with E-state index < -0.39 is 0 Å². The van der Waals surface area contributed by atoms with Crippen molar-refractivity contribution in [3.05, 3.63) is 70.3 Å². The molecule has 0 N–H and O–H groups in total. The van der Waals surface area contributed by atoms with E-state index in [2.05, 4.69) is 26.1 Å². The molecule has 25 heavy (non-hydrogen) atoms. The first kappa shape index (κ1) is 17.6. The molecule has 0 aliphatic rings. The van der Waals surface area contributed by atoms with Gasteiger partial charge in [0.15, 0.2) is 12.4 Å². The van der Waals surface area contributed by atoms with E-state index >= 15 is 0 Å². The van der Waals surface area contributed by atoms with Gasteiger partial charge in [0.2, 0.25) is 0 Å². The lowest BCUT2D eigenvalue weighted by Crippen LogP contribution is -2.02. The highest BCUT2D eigenvalue weighted by atomic mass is 79.9. The topological polar surface area (TPSA) is 65.2 Å². The summed E-state index contributed by atoms with van der Waals surface area (Å²) in [6.07, 6.45) is 0. The van der Waals surface area contributed by atoms with Crippen LogP contribution in [0.5, 0.6) is 5.75 Å². The van der Waals surface area contributed by atoms with Crippen molar-refractivity contribution in [2.75, 3.05) is 5.75 Å². The van der Waals surface area contributed by atoms with E-state index in [4.69, 9.17) is 9.15 Å². The number of nitrogens with zero attached hydrogens (tertiary/aromatic N) is 2. The van der Waals surface area contributed by atoms with Gasteiger partial charge in [-0.15, -0.1) is 10.2 Å². The maximum atomic E-state index is 12.9. The number of hydrogen-bond acceptors (Lipinski definition) is 6. The molecule has 1 heterocycles. The van der Waals surface area contributed by atoms with Gasteiger partial charge >= 0.3 is 0 Å². The highest BCUT2D eigenvalue weighted by molar-refractivity contribution is 9.10. The van der Waals surface area contributed by atoms with Crippen molar-refractivity contribution in [3.8, 4) is 5.75 Å². The second kappa shape index (κ2) is 8.26. The summed E-state index contributed by atoms with van der Waals surface area (Å²) in [5.41, 5.74) is 0.437. The smallest absolute Gasteiger partial charge is 0.277 e. The van der Waals surface area contributed by atoms with Crippen LogP contribution < -0.4 is 4.74 Å². The van der Waals surface area contributed by atoms with Crippen LogP contribution in [0.25, 0.3) is 0 Å². The number of thioether (sulfide) groups is 1. The number of rotatable bonds is 7. The molecule has 3 aromatic rings. The Balaban J connectivity index is 1.50. The molecule has 0 spiro atoms. The fourth-order valence-electron chi connectivity index (χ4n) is 1.88. The first-order valence-electron chi connectivity index (χ1n) is 7.22. The maximum Gasteiger partial charge on any atom is 0.277 e. The monoisotopic (exact) mass is 422 g/mol. The Morgan fingerprint density at radius 3 is 2.56 bits per heavy atom. The maximum absolute atomic E-state index is 12.9. The Morgan fingerprint density at radius 1 is 1.12 bits per heavy atom. The lowest BCUT2D eigenvalue weighted by Gasteiger charge is -2.02. The third kappa shape index (κ3) is 5.14. The summed E-state index contributed by atoms with van der Waals surface area (Å²) in [4.78, 5) is 12.0. The van der Waals surface area contributed by atoms with Crippen molar-refractivity contribution >= 4 is 33.5 Å². The van der Waals surface area contributed by atoms with E-state index in [9.17, 15) is 9.18 Å². The number of halogens is 2. The number of carbonyl (C=O) groups excluding carboxylic acids is 1. The molecular formula is C17H12BrFN2O3S. The number of ketones is 1. The van der Waals surface area contributed by atoms with Crippen LogP contribution in [0.1, 0.15) is 16.2 Å². The van der Waals surface area contributed by atoms with Crippen molar-refractivity contribution in [2.45, 2.75) is 11.8 Å². The minimum atomic E-state index is -0.378. The van der Waals surface area contributed by atoms with Crippen LogP contribution in [-0.4, -0.2) is 21.7 Å². The fourth-order valence-corrected chi connectivity index (χ4v) is 2.82. The SMILES string of the molecule is O=C(CSc1nnc(COc2ccc(Br)cc2)o1)c1ccc(F)cc1. The largest absolute Gasteiger partial charge is 0.484 e. The highest BCUT2D eigenvalue weighted by Gasteiger charge is 2.12. The summed E-state index contributed by atoms with van der Waals surface area (Å²) in [5, 5.41) is 8.03. The van der Waals surface area contributed by atoms with Gasteiger partial charge < -0.3 is 9.15 Å². The summed E-state index contributed by atoms with van der Waals surface area (Å²) in [6, 6.07) is 12.8. The van der Waals surface area contributed by atoms with E-state index in [1.54, 1.807) is 0 Å². The van der Waals surface area contributed by atoms with Gasteiger partial charge in [-0.2, -0.15) is 0 Å². The van der Waals surface area contributed by atoms with E-state index in [-0.39, 0.29) is 29.2 Å². The van der Waals surface area contributed by atoms with Gasteiger partial charge in [-0.05, 0) is 48.5 Å². The second-order valence-corrected chi connectivity index (χ2v) is 6.77. The number of benzene rings is 2. The molecule has 0 atom stereocenters. The Labute approximate surface area is 155 Å². The number of Topliss-reactive ketones (excluding diaryl/α,β-unsaturated/α-hetero) is 1. The summed E-state index contributed by atoms with van der Waals surface area (Å²) >= 11 is 4.48. The Hall–Kier alpha value is -2.19. The van der Waals surface area contributed by atoms with Gasteiger partial charge in [0.1, 0.15) is 11.6 Å². The van der Waals surface area contributed by atoms with Crippen molar-refractivity contribution in [1.82, 2.24) is 10.2 Å². The van der Waals surface area contributed by atoms with Crippen LogP contribution in [-0.2, 0) is 6.61 Å². The summed E-state index contributed by atoms with van der Waals surface area (Å²) < 4.78 is 24.8. The zero-order chi connectivity index (χ0) is 17.6. The second-order valence-electron chi connectivity index (χ2n) is 4.92. The normalized spacial score (nSPS) is 10.6. The van der Waals surface area contributed by atoms with Crippen LogP contribution in [0, 0.1) is 5.82 Å². The van der Waals surface area contributed by atoms with Crippen LogP contribution in [0.15, 0.2) is 62.6 Å². The first-order chi connectivity index (χ1) is 12.1. The first-order valence-corrected chi connectivity index (χ1v) is 9.00. The molecule has 0 aliphatic heterocycles. The quantitative estimate of drug-likeness (QED) is 0.411. The molecule has 0 saturated carbocycles. The standard InChI is InChI=1S/C17H12BrFN2O3S/c18-12-3-7-14(8-4-12)23-9-16-20-21-17(24-16)25-10-15(22)11-1-5-13(19)6-2-11/h1-8H,9-10H2. The number of hydrogen-bond donors (Lipinski definition) is 0. The summed E-state index contributed by atoms with van der Waals surface area (Å²) in [7, 11) is 0. The Bertz CT molecular complexity index is 853. The predicted molar refractivity (Wildman–Crippen MR) is 94.2 cm³/mol. The van der Waals surface area contributed by atoms with E-state index in [1.165, 1.54) is 24.3 Å². The van der Waals surface area contributed by atoms with Crippen molar-refractivity contribution in [3.63, 3.8) is 0 Å². The lowest BCUT2D eigenvalue weighted by atomic mass is 10.1. The van der Waals surface area contributed by atoms with Gasteiger partial charge in [-0.25, -0.2) is 4.39 Å². The Morgan fingerprint density at radius 2 is 1.84 bits per heavy atom. The predicted octanol–water partition coefficient (Wildman–Crippen LogP) is 4.53. The van der Waals surface area contributed by atoms with Crippen LogP contribution >= 0.6 is 27.7 Å². The van der Waals surface area contributed by atoms with Gasteiger partial charge in [-0.3, -0.25) is 4.79 Å². The van der Waals surface area contributed by atoms with Gasteiger partial charge in [0.05, 0.1) is 5.75 Å². The molecule has 3 rings (SSSR count).